The largest absolute Gasteiger partial charge is 0.463 e. The normalized spacial score (nSPS) is 10.3. The Balaban J connectivity index is -0.000000511. The van der Waals surface area contributed by atoms with Crippen LogP contribution in [0.1, 0.15) is 85.0 Å². The molecule has 0 aromatic heterocycles. The summed E-state index contributed by atoms with van der Waals surface area (Å²) in [4.78, 5) is 31.3. The lowest BCUT2D eigenvalue weighted by Crippen LogP contribution is -2.33. The molecule has 0 rings (SSSR count). The molecule has 0 saturated heterocycles. The van der Waals surface area contributed by atoms with E-state index in [1.165, 1.54) is 69.9 Å². The van der Waals surface area contributed by atoms with Crippen molar-refractivity contribution in [2.24, 2.45) is 5.92 Å². The van der Waals surface area contributed by atoms with Gasteiger partial charge in [-0.25, -0.2) is 23.2 Å². The third-order valence-corrected chi connectivity index (χ3v) is 4.53. The van der Waals surface area contributed by atoms with E-state index < -0.39 is 24.9 Å². The second-order valence-electron chi connectivity index (χ2n) is 8.66. The lowest BCUT2D eigenvalue weighted by atomic mass is 10.1. The summed E-state index contributed by atoms with van der Waals surface area (Å²) in [5.41, 5.74) is 0. The minimum Gasteiger partial charge on any atom is -0.463 e. The van der Waals surface area contributed by atoms with Crippen LogP contribution in [0, 0.1) is 5.92 Å². The van der Waals surface area contributed by atoms with Gasteiger partial charge in [-0.2, -0.15) is 8.78 Å². The summed E-state index contributed by atoms with van der Waals surface area (Å²) in [5, 5.41) is 0. The molecule has 10 heteroatoms. The van der Waals surface area contributed by atoms with Crippen LogP contribution >= 0.6 is 0 Å². The van der Waals surface area contributed by atoms with Gasteiger partial charge >= 0.3 is 30.3 Å². The van der Waals surface area contributed by atoms with Crippen LogP contribution in [0.4, 0.5) is 17.6 Å². The Morgan fingerprint density at radius 2 is 1.11 bits per heavy atom. The maximum Gasteiger partial charge on any atom is 0.340 e. The van der Waals surface area contributed by atoms with E-state index in [0.29, 0.717) is 25.2 Å². The zero-order valence-corrected chi connectivity index (χ0v) is 23.2. The summed E-state index contributed by atoms with van der Waals surface area (Å²) in [6.07, 6.45) is 12.1. The minimum absolute atomic E-state index is 0.305. The molecule has 38 heavy (non-hydrogen) atoms. The molecule has 0 aliphatic rings. The predicted molar refractivity (Wildman–Crippen MR) is 141 cm³/mol. The molecule has 0 fully saturated rings. The number of carbonyl (C=O) groups is 3. The van der Waals surface area contributed by atoms with E-state index in [-0.39, 0.29) is 11.9 Å². The highest BCUT2D eigenvalue weighted by atomic mass is 19.3. The Kier molecular flexibility index (Phi) is 28.7. The standard InChI is InChI=1S/C15H28O2.C7H12O2.C6H6F4O2/c1-3-5-6-7-8-9-10-11-12-13-14-17-15(16)4-2;1-4-7(8)9-5-6(2)3;1-2-4(11)12-3-6(9,10)5(7)8/h4H,2-3,5-14H2,1H3;4,6H,1,5H2,2-3H3;2,5H,1,3H2. The number of unbranched alkanes of at least 4 members (excludes halogenated alkanes) is 9. The number of rotatable bonds is 19. The fraction of sp³-hybridized carbons (Fsp3) is 0.679. The van der Waals surface area contributed by atoms with E-state index in [9.17, 15) is 31.9 Å². The molecule has 0 aliphatic carbocycles. The zero-order chi connectivity index (χ0) is 29.8. The number of hydrogen-bond donors (Lipinski definition) is 0. The van der Waals surface area contributed by atoms with Crippen molar-refractivity contribution in [2.75, 3.05) is 19.8 Å². The summed E-state index contributed by atoms with van der Waals surface area (Å²) in [6.45, 7) is 15.1. The van der Waals surface area contributed by atoms with Crippen LogP contribution in [0.3, 0.4) is 0 Å². The zero-order valence-electron chi connectivity index (χ0n) is 23.2. The molecule has 0 bridgehead atoms. The SMILES string of the molecule is C=CC(=O)OCC(C)C.C=CC(=O)OCC(F)(F)C(F)F.C=CC(=O)OCCCCCCCCCCCC. The maximum absolute atomic E-state index is 12.0. The Hall–Kier alpha value is -2.65. The summed E-state index contributed by atoms with van der Waals surface area (Å²) in [5.74, 6) is -5.70. The first-order valence-electron chi connectivity index (χ1n) is 12.9. The van der Waals surface area contributed by atoms with Gasteiger partial charge < -0.3 is 14.2 Å². The second-order valence-corrected chi connectivity index (χ2v) is 8.66. The van der Waals surface area contributed by atoms with Gasteiger partial charge in [-0.3, -0.25) is 0 Å². The van der Waals surface area contributed by atoms with Crippen LogP contribution in [0.2, 0.25) is 0 Å². The molecule has 0 aromatic carbocycles. The Labute approximate surface area is 225 Å². The molecule has 0 atom stereocenters. The first-order chi connectivity index (χ1) is 17.9. The molecule has 0 unspecified atom stereocenters. The Bertz CT molecular complexity index is 651. The van der Waals surface area contributed by atoms with E-state index in [4.69, 9.17) is 9.47 Å². The van der Waals surface area contributed by atoms with Gasteiger partial charge in [-0.1, -0.05) is 98.3 Å². The number of hydrogen-bond acceptors (Lipinski definition) is 6. The van der Waals surface area contributed by atoms with Crippen molar-refractivity contribution >= 4 is 17.9 Å². The van der Waals surface area contributed by atoms with E-state index >= 15 is 0 Å². The molecule has 0 spiro atoms. The first kappa shape index (κ1) is 39.9. The highest BCUT2D eigenvalue weighted by Gasteiger charge is 2.42. The third kappa shape index (κ3) is 31.4. The van der Waals surface area contributed by atoms with E-state index in [2.05, 4.69) is 31.4 Å². The lowest BCUT2D eigenvalue weighted by Gasteiger charge is -2.13. The summed E-state index contributed by atoms with van der Waals surface area (Å²) in [7, 11) is 0. The van der Waals surface area contributed by atoms with Crippen molar-refractivity contribution in [3.05, 3.63) is 38.0 Å². The molecule has 0 aromatic rings. The van der Waals surface area contributed by atoms with Gasteiger partial charge in [0.25, 0.3) is 0 Å². The quantitative estimate of drug-likeness (QED) is 0.0537. The number of halogens is 4. The van der Waals surface area contributed by atoms with Crippen molar-refractivity contribution in [3.63, 3.8) is 0 Å². The summed E-state index contributed by atoms with van der Waals surface area (Å²) >= 11 is 0. The highest BCUT2D eigenvalue weighted by molar-refractivity contribution is 5.81. The molecular formula is C28H46F4O6. The van der Waals surface area contributed by atoms with Gasteiger partial charge in [0, 0.05) is 18.2 Å². The first-order valence-corrected chi connectivity index (χ1v) is 12.9. The van der Waals surface area contributed by atoms with Gasteiger partial charge in [0.15, 0.2) is 6.61 Å². The van der Waals surface area contributed by atoms with Crippen LogP contribution < -0.4 is 0 Å². The monoisotopic (exact) mass is 554 g/mol. The molecule has 0 saturated carbocycles. The highest BCUT2D eigenvalue weighted by Crippen LogP contribution is 2.22. The van der Waals surface area contributed by atoms with Crippen LogP contribution in [-0.2, 0) is 28.6 Å². The molecule has 0 aliphatic heterocycles. The second kappa shape index (κ2) is 27.4. The number of esters is 3. The van der Waals surface area contributed by atoms with Crippen LogP contribution in [0.15, 0.2) is 38.0 Å². The molecule has 222 valence electrons. The maximum atomic E-state index is 12.0. The van der Waals surface area contributed by atoms with Crippen molar-refractivity contribution < 1.29 is 46.2 Å². The molecule has 0 N–H and O–H groups in total. The Morgan fingerprint density at radius 1 is 0.711 bits per heavy atom. The fourth-order valence-electron chi connectivity index (χ4n) is 2.42. The third-order valence-electron chi connectivity index (χ3n) is 4.53. The van der Waals surface area contributed by atoms with Gasteiger partial charge in [0.1, 0.15) is 0 Å². The number of alkyl halides is 4. The van der Waals surface area contributed by atoms with Crippen LogP contribution in [0.5, 0.6) is 0 Å². The van der Waals surface area contributed by atoms with Crippen LogP contribution in [0.25, 0.3) is 0 Å². The topological polar surface area (TPSA) is 78.9 Å². The molecule has 0 heterocycles. The lowest BCUT2D eigenvalue weighted by molar-refractivity contribution is -0.176. The minimum atomic E-state index is -4.29. The fourth-order valence-corrected chi connectivity index (χ4v) is 2.42. The average Bonchev–Trinajstić information content (AvgIpc) is 2.89. The smallest absolute Gasteiger partial charge is 0.340 e. The van der Waals surface area contributed by atoms with E-state index in [0.717, 1.165) is 6.42 Å². The molecule has 0 amide bonds. The van der Waals surface area contributed by atoms with Crippen molar-refractivity contribution in [2.45, 2.75) is 97.3 Å². The van der Waals surface area contributed by atoms with Crippen molar-refractivity contribution in [1.82, 2.24) is 0 Å². The number of ether oxygens (including phenoxy) is 3. The molecule has 0 radical (unpaired) electrons. The Morgan fingerprint density at radius 3 is 1.50 bits per heavy atom. The predicted octanol–water partition coefficient (Wildman–Crippen LogP) is 7.62. The van der Waals surface area contributed by atoms with E-state index in [1.54, 1.807) is 0 Å². The summed E-state index contributed by atoms with van der Waals surface area (Å²) in [6, 6.07) is 0. The van der Waals surface area contributed by atoms with E-state index in [1.807, 2.05) is 13.8 Å². The van der Waals surface area contributed by atoms with Gasteiger partial charge in [0.2, 0.25) is 0 Å². The van der Waals surface area contributed by atoms with Gasteiger partial charge in [-0.05, 0) is 12.3 Å². The summed E-state index contributed by atoms with van der Waals surface area (Å²) < 4.78 is 60.1. The molecule has 6 nitrogen and oxygen atoms in total. The van der Waals surface area contributed by atoms with Crippen LogP contribution in [-0.4, -0.2) is 50.1 Å². The van der Waals surface area contributed by atoms with Crippen molar-refractivity contribution in [3.8, 4) is 0 Å². The molecular weight excluding hydrogens is 508 g/mol. The average molecular weight is 555 g/mol. The van der Waals surface area contributed by atoms with Gasteiger partial charge in [0.05, 0.1) is 13.2 Å². The van der Waals surface area contributed by atoms with Gasteiger partial charge in [-0.15, -0.1) is 0 Å². The number of carbonyl (C=O) groups excluding carboxylic acids is 3. The van der Waals surface area contributed by atoms with Crippen molar-refractivity contribution in [1.29, 1.82) is 0 Å².